The number of amides is 1. The van der Waals surface area contributed by atoms with Crippen LogP contribution < -0.4 is 10.6 Å². The first-order valence-electron chi connectivity index (χ1n) is 5.93. The first-order valence-corrected chi connectivity index (χ1v) is 6.92. The first-order chi connectivity index (χ1) is 8.28. The van der Waals surface area contributed by atoms with Crippen molar-refractivity contribution in [3.8, 4) is 0 Å². The van der Waals surface area contributed by atoms with Gasteiger partial charge in [0.1, 0.15) is 0 Å². The van der Waals surface area contributed by atoms with Gasteiger partial charge in [-0.3, -0.25) is 4.79 Å². The molecule has 1 aliphatic carbocycles. The van der Waals surface area contributed by atoms with Gasteiger partial charge in [0.15, 0.2) is 0 Å². The lowest BCUT2D eigenvalue weighted by atomic mass is 10.2. The predicted molar refractivity (Wildman–Crippen MR) is 71.1 cm³/mol. The van der Waals surface area contributed by atoms with Gasteiger partial charge in [0.2, 0.25) is 5.91 Å². The largest absolute Gasteiger partial charge is 0.358 e. The van der Waals surface area contributed by atoms with Gasteiger partial charge >= 0.3 is 0 Å². The molecule has 0 radical (unpaired) electrons. The van der Waals surface area contributed by atoms with E-state index in [0.717, 1.165) is 17.5 Å². The highest BCUT2D eigenvalue weighted by atomic mass is 32.2. The SMILES string of the molecule is CNC(=O)CSc1ccc(CNC2CC2)cc1. The van der Waals surface area contributed by atoms with E-state index < -0.39 is 0 Å². The van der Waals surface area contributed by atoms with Crippen molar-refractivity contribution in [2.45, 2.75) is 30.3 Å². The second kappa shape index (κ2) is 6.07. The van der Waals surface area contributed by atoms with E-state index in [-0.39, 0.29) is 5.91 Å². The molecule has 1 fully saturated rings. The fourth-order valence-corrected chi connectivity index (χ4v) is 2.24. The Morgan fingerprint density at radius 3 is 2.65 bits per heavy atom. The molecule has 0 spiro atoms. The smallest absolute Gasteiger partial charge is 0.230 e. The molecule has 0 bridgehead atoms. The average molecular weight is 250 g/mol. The fraction of sp³-hybridized carbons (Fsp3) is 0.462. The van der Waals surface area contributed by atoms with Crippen molar-refractivity contribution in [3.63, 3.8) is 0 Å². The highest BCUT2D eigenvalue weighted by Gasteiger charge is 2.19. The minimum absolute atomic E-state index is 0.0643. The zero-order valence-corrected chi connectivity index (χ0v) is 10.8. The normalized spacial score (nSPS) is 14.6. The highest BCUT2D eigenvalue weighted by Crippen LogP contribution is 2.21. The zero-order chi connectivity index (χ0) is 12.1. The Morgan fingerprint density at radius 2 is 2.06 bits per heavy atom. The van der Waals surface area contributed by atoms with Crippen LogP contribution in [0.3, 0.4) is 0 Å². The van der Waals surface area contributed by atoms with Crippen LogP contribution in [0.25, 0.3) is 0 Å². The topological polar surface area (TPSA) is 41.1 Å². The Labute approximate surface area is 106 Å². The minimum atomic E-state index is 0.0643. The van der Waals surface area contributed by atoms with E-state index in [1.54, 1.807) is 18.8 Å². The molecule has 0 saturated heterocycles. The molecule has 0 unspecified atom stereocenters. The summed E-state index contributed by atoms with van der Waals surface area (Å²) in [7, 11) is 1.66. The number of carbonyl (C=O) groups excluding carboxylic acids is 1. The van der Waals surface area contributed by atoms with Crippen molar-refractivity contribution in [2.24, 2.45) is 0 Å². The third-order valence-corrected chi connectivity index (χ3v) is 3.76. The van der Waals surface area contributed by atoms with E-state index >= 15 is 0 Å². The van der Waals surface area contributed by atoms with E-state index in [0.29, 0.717) is 5.75 Å². The van der Waals surface area contributed by atoms with Crippen molar-refractivity contribution in [3.05, 3.63) is 29.8 Å². The quantitative estimate of drug-likeness (QED) is 0.756. The molecule has 1 aromatic carbocycles. The van der Waals surface area contributed by atoms with Crippen LogP contribution in [0.4, 0.5) is 0 Å². The Morgan fingerprint density at radius 1 is 1.35 bits per heavy atom. The van der Waals surface area contributed by atoms with Crippen LogP contribution in [0.2, 0.25) is 0 Å². The van der Waals surface area contributed by atoms with E-state index in [1.165, 1.54) is 18.4 Å². The van der Waals surface area contributed by atoms with Gasteiger partial charge in [-0.2, -0.15) is 0 Å². The van der Waals surface area contributed by atoms with Crippen molar-refractivity contribution >= 4 is 17.7 Å². The molecule has 92 valence electrons. The van der Waals surface area contributed by atoms with E-state index in [4.69, 9.17) is 0 Å². The van der Waals surface area contributed by atoms with Crippen LogP contribution in [0.5, 0.6) is 0 Å². The van der Waals surface area contributed by atoms with Gasteiger partial charge in [-0.1, -0.05) is 12.1 Å². The molecule has 2 rings (SSSR count). The third kappa shape index (κ3) is 4.40. The highest BCUT2D eigenvalue weighted by molar-refractivity contribution is 8.00. The van der Waals surface area contributed by atoms with Gasteiger partial charge in [-0.15, -0.1) is 11.8 Å². The van der Waals surface area contributed by atoms with Crippen LogP contribution in [-0.2, 0) is 11.3 Å². The molecule has 1 saturated carbocycles. The number of thioether (sulfide) groups is 1. The van der Waals surface area contributed by atoms with Crippen molar-refractivity contribution in [1.82, 2.24) is 10.6 Å². The lowest BCUT2D eigenvalue weighted by Gasteiger charge is -2.05. The van der Waals surface area contributed by atoms with E-state index in [2.05, 4.69) is 34.9 Å². The monoisotopic (exact) mass is 250 g/mol. The number of hydrogen-bond acceptors (Lipinski definition) is 3. The maximum Gasteiger partial charge on any atom is 0.230 e. The van der Waals surface area contributed by atoms with Gasteiger partial charge < -0.3 is 10.6 Å². The predicted octanol–water partition coefficient (Wildman–Crippen LogP) is 1.78. The summed E-state index contributed by atoms with van der Waals surface area (Å²) in [5, 5.41) is 6.10. The molecule has 4 heteroatoms. The summed E-state index contributed by atoms with van der Waals surface area (Å²) in [6, 6.07) is 9.16. The average Bonchev–Trinajstić information content (AvgIpc) is 3.18. The molecule has 17 heavy (non-hydrogen) atoms. The molecular weight excluding hydrogens is 232 g/mol. The van der Waals surface area contributed by atoms with Crippen LogP contribution in [0.15, 0.2) is 29.2 Å². The van der Waals surface area contributed by atoms with Gasteiger partial charge in [-0.25, -0.2) is 0 Å². The van der Waals surface area contributed by atoms with Crippen molar-refractivity contribution in [1.29, 1.82) is 0 Å². The van der Waals surface area contributed by atoms with Crippen molar-refractivity contribution in [2.75, 3.05) is 12.8 Å². The molecule has 0 heterocycles. The number of hydrogen-bond donors (Lipinski definition) is 2. The zero-order valence-electron chi connectivity index (χ0n) is 10.0. The molecule has 1 amide bonds. The molecule has 0 aromatic heterocycles. The maximum absolute atomic E-state index is 11.1. The Kier molecular flexibility index (Phi) is 4.45. The summed E-state index contributed by atoms with van der Waals surface area (Å²) < 4.78 is 0. The molecule has 0 aliphatic heterocycles. The number of benzene rings is 1. The van der Waals surface area contributed by atoms with E-state index in [9.17, 15) is 4.79 Å². The summed E-state index contributed by atoms with van der Waals surface area (Å²) in [5.41, 5.74) is 1.31. The van der Waals surface area contributed by atoms with E-state index in [1.807, 2.05) is 0 Å². The molecule has 1 aromatic rings. The second-order valence-electron chi connectivity index (χ2n) is 4.26. The fourth-order valence-electron chi connectivity index (χ4n) is 1.47. The lowest BCUT2D eigenvalue weighted by molar-refractivity contribution is -0.118. The summed E-state index contributed by atoms with van der Waals surface area (Å²) in [4.78, 5) is 12.2. The van der Waals surface area contributed by atoms with Crippen molar-refractivity contribution < 1.29 is 4.79 Å². The lowest BCUT2D eigenvalue weighted by Crippen LogP contribution is -2.19. The summed E-state index contributed by atoms with van der Waals surface area (Å²) in [5.74, 6) is 0.547. The van der Waals surface area contributed by atoms with Crippen LogP contribution >= 0.6 is 11.8 Å². The first kappa shape index (κ1) is 12.5. The Hall–Kier alpha value is -1.00. The number of rotatable bonds is 6. The van der Waals surface area contributed by atoms with Gasteiger partial charge in [-0.05, 0) is 30.5 Å². The molecular formula is C13H18N2OS. The van der Waals surface area contributed by atoms with Crippen LogP contribution in [0, 0.1) is 0 Å². The summed E-state index contributed by atoms with van der Waals surface area (Å²) in [6.07, 6.45) is 2.64. The minimum Gasteiger partial charge on any atom is -0.358 e. The molecule has 2 N–H and O–H groups in total. The maximum atomic E-state index is 11.1. The van der Waals surface area contributed by atoms with Crippen LogP contribution in [-0.4, -0.2) is 24.7 Å². The summed E-state index contributed by atoms with van der Waals surface area (Å²) >= 11 is 1.57. The molecule has 3 nitrogen and oxygen atoms in total. The van der Waals surface area contributed by atoms with Gasteiger partial charge in [0.25, 0.3) is 0 Å². The molecule has 0 atom stereocenters. The van der Waals surface area contributed by atoms with Gasteiger partial charge in [0, 0.05) is 24.5 Å². The van der Waals surface area contributed by atoms with Gasteiger partial charge in [0.05, 0.1) is 5.75 Å². The third-order valence-electron chi connectivity index (χ3n) is 2.74. The molecule has 1 aliphatic rings. The second-order valence-corrected chi connectivity index (χ2v) is 5.31. The standard InChI is InChI=1S/C13H18N2OS/c1-14-13(16)9-17-12-6-2-10(3-7-12)8-15-11-4-5-11/h2-3,6-7,11,15H,4-5,8-9H2,1H3,(H,14,16). The Bertz CT molecular complexity index is 374. The number of carbonyl (C=O) groups is 1. The number of nitrogens with one attached hydrogen (secondary N) is 2. The Balaban J connectivity index is 1.77. The van der Waals surface area contributed by atoms with Crippen LogP contribution in [0.1, 0.15) is 18.4 Å². The summed E-state index contributed by atoms with van der Waals surface area (Å²) in [6.45, 7) is 0.949.